The van der Waals surface area contributed by atoms with Gasteiger partial charge in [0.2, 0.25) is 5.95 Å². The van der Waals surface area contributed by atoms with Gasteiger partial charge in [0.15, 0.2) is 0 Å². The first kappa shape index (κ1) is 16.0. The molecule has 0 spiro atoms. The summed E-state index contributed by atoms with van der Waals surface area (Å²) in [4.78, 5) is 22.5. The maximum atomic E-state index is 12.4. The zero-order chi connectivity index (χ0) is 16.2. The van der Waals surface area contributed by atoms with Crippen LogP contribution in [0.4, 0.5) is 11.6 Å². The van der Waals surface area contributed by atoms with Crippen molar-refractivity contribution < 1.29 is 9.53 Å². The van der Waals surface area contributed by atoms with Crippen molar-refractivity contribution in [3.05, 3.63) is 46.2 Å². The molecular weight excluding hydrogens is 339 g/mol. The van der Waals surface area contributed by atoms with Crippen LogP contribution in [0.25, 0.3) is 0 Å². The van der Waals surface area contributed by atoms with Crippen molar-refractivity contribution in [2.45, 2.75) is 0 Å². The monoisotopic (exact) mass is 352 g/mol. The smallest absolute Gasteiger partial charge is 0.272 e. The summed E-state index contributed by atoms with van der Waals surface area (Å²) < 4.78 is 5.25. The lowest BCUT2D eigenvalue weighted by molar-refractivity contribution is 0.0299. The summed E-state index contributed by atoms with van der Waals surface area (Å²) in [6, 6.07) is 6.80. The quantitative estimate of drug-likeness (QED) is 0.919. The van der Waals surface area contributed by atoms with Crippen molar-refractivity contribution >= 4 is 40.7 Å². The van der Waals surface area contributed by atoms with Gasteiger partial charge in [-0.3, -0.25) is 4.79 Å². The minimum absolute atomic E-state index is 0.143. The van der Waals surface area contributed by atoms with E-state index in [1.807, 2.05) is 0 Å². The van der Waals surface area contributed by atoms with Crippen molar-refractivity contribution in [1.29, 1.82) is 0 Å². The molecule has 2 aromatic rings. The molecule has 0 saturated carbocycles. The number of anilines is 2. The van der Waals surface area contributed by atoms with Gasteiger partial charge in [0.1, 0.15) is 5.69 Å². The minimum Gasteiger partial charge on any atom is -0.378 e. The Morgan fingerprint density at radius 1 is 1.22 bits per heavy atom. The van der Waals surface area contributed by atoms with Gasteiger partial charge in [0.05, 0.1) is 28.9 Å². The number of ether oxygens (including phenoxy) is 1. The van der Waals surface area contributed by atoms with Gasteiger partial charge < -0.3 is 15.0 Å². The SMILES string of the molecule is O=C(c1ccnc(Nc2cccc(Cl)c2Cl)n1)N1CCOCC1. The fraction of sp³-hybridized carbons (Fsp3) is 0.267. The van der Waals surface area contributed by atoms with Gasteiger partial charge in [-0.05, 0) is 18.2 Å². The molecule has 1 fully saturated rings. The average molecular weight is 353 g/mol. The highest BCUT2D eigenvalue weighted by Gasteiger charge is 2.20. The number of morpholine rings is 1. The lowest BCUT2D eigenvalue weighted by Crippen LogP contribution is -2.41. The average Bonchev–Trinajstić information content (AvgIpc) is 2.59. The molecule has 1 aliphatic rings. The molecule has 120 valence electrons. The molecule has 1 N–H and O–H groups in total. The molecule has 1 saturated heterocycles. The van der Waals surface area contributed by atoms with Gasteiger partial charge in [-0.25, -0.2) is 9.97 Å². The summed E-state index contributed by atoms with van der Waals surface area (Å²) in [7, 11) is 0. The first-order valence-electron chi connectivity index (χ1n) is 7.06. The molecule has 0 atom stereocenters. The summed E-state index contributed by atoms with van der Waals surface area (Å²) in [5.41, 5.74) is 0.901. The molecule has 8 heteroatoms. The van der Waals surface area contributed by atoms with E-state index in [0.29, 0.717) is 47.7 Å². The van der Waals surface area contributed by atoms with E-state index in [0.717, 1.165) is 0 Å². The first-order valence-corrected chi connectivity index (χ1v) is 7.82. The fourth-order valence-corrected chi connectivity index (χ4v) is 2.54. The molecule has 3 rings (SSSR count). The molecule has 0 bridgehead atoms. The first-order chi connectivity index (χ1) is 11.1. The predicted molar refractivity (Wildman–Crippen MR) is 88.5 cm³/mol. The summed E-state index contributed by atoms with van der Waals surface area (Å²) in [6.45, 7) is 2.21. The fourth-order valence-electron chi connectivity index (χ4n) is 2.19. The second kappa shape index (κ2) is 7.12. The highest BCUT2D eigenvalue weighted by molar-refractivity contribution is 6.43. The predicted octanol–water partition coefficient (Wildman–Crippen LogP) is 3.00. The van der Waals surface area contributed by atoms with Crippen LogP contribution < -0.4 is 5.32 Å². The molecule has 1 aromatic carbocycles. The lowest BCUT2D eigenvalue weighted by atomic mass is 10.3. The molecule has 23 heavy (non-hydrogen) atoms. The van der Waals surface area contributed by atoms with E-state index in [1.54, 1.807) is 29.2 Å². The minimum atomic E-state index is -0.143. The third-order valence-electron chi connectivity index (χ3n) is 3.37. The molecule has 0 unspecified atom stereocenters. The Balaban J connectivity index is 1.79. The summed E-state index contributed by atoms with van der Waals surface area (Å²) in [6.07, 6.45) is 1.53. The van der Waals surface area contributed by atoms with Crippen molar-refractivity contribution in [2.24, 2.45) is 0 Å². The molecule has 1 amide bonds. The number of halogens is 2. The number of nitrogens with zero attached hydrogens (tertiary/aromatic N) is 3. The Hall–Kier alpha value is -1.89. The van der Waals surface area contributed by atoms with Crippen molar-refractivity contribution in [2.75, 3.05) is 31.6 Å². The van der Waals surface area contributed by atoms with Crippen LogP contribution in [0, 0.1) is 0 Å². The molecule has 0 radical (unpaired) electrons. The number of hydrogen-bond acceptors (Lipinski definition) is 5. The second-order valence-corrected chi connectivity index (χ2v) is 5.68. The molecule has 1 aliphatic heterocycles. The van der Waals surface area contributed by atoms with Crippen LogP contribution in [0.15, 0.2) is 30.5 Å². The van der Waals surface area contributed by atoms with Crippen molar-refractivity contribution in [3.8, 4) is 0 Å². The van der Waals surface area contributed by atoms with E-state index < -0.39 is 0 Å². The molecule has 6 nitrogen and oxygen atoms in total. The number of aromatic nitrogens is 2. The van der Waals surface area contributed by atoms with Crippen LogP contribution in [-0.4, -0.2) is 47.1 Å². The Labute approximate surface area is 143 Å². The van der Waals surface area contributed by atoms with Gasteiger partial charge in [0, 0.05) is 19.3 Å². The highest BCUT2D eigenvalue weighted by Crippen LogP contribution is 2.30. The van der Waals surface area contributed by atoms with Gasteiger partial charge in [-0.2, -0.15) is 0 Å². The largest absolute Gasteiger partial charge is 0.378 e. The zero-order valence-corrected chi connectivity index (χ0v) is 13.6. The van der Waals surface area contributed by atoms with Gasteiger partial charge in [-0.1, -0.05) is 29.3 Å². The van der Waals surface area contributed by atoms with Crippen molar-refractivity contribution in [3.63, 3.8) is 0 Å². The van der Waals surface area contributed by atoms with Gasteiger partial charge >= 0.3 is 0 Å². The van der Waals surface area contributed by atoms with Crippen LogP contribution in [-0.2, 0) is 4.74 Å². The van der Waals surface area contributed by atoms with Crippen LogP contribution in [0.5, 0.6) is 0 Å². The van der Waals surface area contributed by atoms with E-state index in [-0.39, 0.29) is 11.9 Å². The number of carbonyl (C=O) groups excluding carboxylic acids is 1. The van der Waals surface area contributed by atoms with Crippen LogP contribution >= 0.6 is 23.2 Å². The Morgan fingerprint density at radius 2 is 2.00 bits per heavy atom. The number of hydrogen-bond donors (Lipinski definition) is 1. The van der Waals surface area contributed by atoms with E-state index in [1.165, 1.54) is 6.20 Å². The number of carbonyl (C=O) groups is 1. The van der Waals surface area contributed by atoms with Crippen molar-refractivity contribution in [1.82, 2.24) is 14.9 Å². The van der Waals surface area contributed by atoms with E-state index in [2.05, 4.69) is 15.3 Å². The standard InChI is InChI=1S/C15H14Cl2N4O2/c16-10-2-1-3-11(13(10)17)19-15-18-5-4-12(20-15)14(22)21-6-8-23-9-7-21/h1-5H,6-9H2,(H,18,19,20). The highest BCUT2D eigenvalue weighted by atomic mass is 35.5. The third-order valence-corrected chi connectivity index (χ3v) is 4.19. The van der Waals surface area contributed by atoms with E-state index >= 15 is 0 Å². The molecule has 2 heterocycles. The zero-order valence-electron chi connectivity index (χ0n) is 12.1. The molecular formula is C15H14Cl2N4O2. The van der Waals surface area contributed by atoms with Gasteiger partial charge in [0.25, 0.3) is 5.91 Å². The van der Waals surface area contributed by atoms with Crippen LogP contribution in [0.1, 0.15) is 10.5 Å². The normalized spacial score (nSPS) is 14.6. The number of nitrogens with one attached hydrogen (secondary N) is 1. The summed E-state index contributed by atoms with van der Waals surface area (Å²) >= 11 is 12.1. The molecule has 0 aliphatic carbocycles. The Kier molecular flexibility index (Phi) is 4.95. The maximum Gasteiger partial charge on any atom is 0.272 e. The second-order valence-electron chi connectivity index (χ2n) is 4.90. The Morgan fingerprint density at radius 3 is 2.78 bits per heavy atom. The number of rotatable bonds is 3. The summed E-state index contributed by atoms with van der Waals surface area (Å²) in [5.74, 6) is 0.143. The van der Waals surface area contributed by atoms with Crippen LogP contribution in [0.3, 0.4) is 0 Å². The van der Waals surface area contributed by atoms with E-state index in [4.69, 9.17) is 27.9 Å². The molecule has 1 aromatic heterocycles. The van der Waals surface area contributed by atoms with Gasteiger partial charge in [-0.15, -0.1) is 0 Å². The number of amides is 1. The Bertz CT molecular complexity index is 720. The third kappa shape index (κ3) is 3.72. The van der Waals surface area contributed by atoms with Crippen LogP contribution in [0.2, 0.25) is 10.0 Å². The van der Waals surface area contributed by atoms with E-state index in [9.17, 15) is 4.79 Å². The maximum absolute atomic E-state index is 12.4. The topological polar surface area (TPSA) is 67.4 Å². The summed E-state index contributed by atoms with van der Waals surface area (Å²) in [5, 5.41) is 3.78. The number of benzene rings is 1. The lowest BCUT2D eigenvalue weighted by Gasteiger charge is -2.26.